The van der Waals surface area contributed by atoms with Gasteiger partial charge in [-0.15, -0.1) is 0 Å². The quantitative estimate of drug-likeness (QED) is 0.684. The molecule has 0 saturated heterocycles. The number of amides is 1. The molecule has 0 aliphatic heterocycles. The maximum atomic E-state index is 10.9. The second-order valence-corrected chi connectivity index (χ2v) is 2.93. The van der Waals surface area contributed by atoms with Gasteiger partial charge in [0.05, 0.1) is 0 Å². The zero-order valence-electron chi connectivity index (χ0n) is 7.47. The summed E-state index contributed by atoms with van der Waals surface area (Å²) in [7, 11) is 1.67. The molecule has 2 heteroatoms. The third-order valence-electron chi connectivity index (χ3n) is 1.99. The molecule has 1 aliphatic rings. The molecule has 0 bridgehead atoms. The number of rotatable bonds is 3. The van der Waals surface area contributed by atoms with Crippen LogP contribution in [0.2, 0.25) is 0 Å². The Hall–Kier alpha value is -1.05. The Morgan fingerprint density at radius 2 is 2.50 bits per heavy atom. The summed E-state index contributed by atoms with van der Waals surface area (Å²) in [4.78, 5) is 10.9. The van der Waals surface area contributed by atoms with E-state index in [-0.39, 0.29) is 7.33 Å². The maximum Gasteiger partial charge on any atom is 0.220 e. The van der Waals surface area contributed by atoms with Crippen LogP contribution in [0.4, 0.5) is 0 Å². The fraction of sp³-hybridized carbons (Fsp3) is 0.500. The molecule has 0 aromatic carbocycles. The van der Waals surface area contributed by atoms with E-state index in [1.54, 1.807) is 7.05 Å². The van der Waals surface area contributed by atoms with Crippen LogP contribution in [0.5, 0.6) is 0 Å². The Morgan fingerprint density at radius 1 is 1.67 bits per heavy atom. The molecule has 1 N–H and O–H groups in total. The molecule has 1 rings (SSSR count). The molecule has 1 amide bonds. The van der Waals surface area contributed by atoms with E-state index in [9.17, 15) is 4.79 Å². The van der Waals surface area contributed by atoms with Crippen LogP contribution >= 0.6 is 0 Å². The van der Waals surface area contributed by atoms with Crippen molar-refractivity contribution >= 4 is 5.91 Å². The minimum atomic E-state index is 0. The third kappa shape index (κ3) is 2.91. The number of hydrogen-bond acceptors (Lipinski definition) is 1. The minimum Gasteiger partial charge on any atom is -0.359 e. The highest BCUT2D eigenvalue weighted by Crippen LogP contribution is 2.14. The summed E-state index contributed by atoms with van der Waals surface area (Å²) in [5.41, 5.74) is 1.30. The smallest absolute Gasteiger partial charge is 0.220 e. The SMILES string of the molecule is CNC(=O)CCC1=CCCC=C1.[HH]. The molecule has 0 heterocycles. The van der Waals surface area contributed by atoms with E-state index in [4.69, 9.17) is 0 Å². The van der Waals surface area contributed by atoms with Crippen molar-refractivity contribution in [1.82, 2.24) is 5.32 Å². The number of hydrogen-bond donors (Lipinski definition) is 1. The van der Waals surface area contributed by atoms with Crippen molar-refractivity contribution in [2.75, 3.05) is 7.05 Å². The minimum absolute atomic E-state index is 0. The Labute approximate surface area is 74.8 Å². The zero-order chi connectivity index (χ0) is 8.81. The van der Waals surface area contributed by atoms with Crippen molar-refractivity contribution in [2.24, 2.45) is 0 Å². The lowest BCUT2D eigenvalue weighted by atomic mass is 10.0. The first-order valence-corrected chi connectivity index (χ1v) is 4.39. The zero-order valence-corrected chi connectivity index (χ0v) is 7.47. The molecule has 0 radical (unpaired) electrons. The standard InChI is InChI=1S/C10H15NO.H2/c1-11-10(12)8-7-9-5-3-2-4-6-9;/h3,5-6H,2,4,7-8H2,1H3,(H,11,12);1H. The summed E-state index contributed by atoms with van der Waals surface area (Å²) >= 11 is 0. The highest BCUT2D eigenvalue weighted by atomic mass is 16.1. The Balaban J connectivity index is 0.00000144. The molecule has 2 nitrogen and oxygen atoms in total. The van der Waals surface area contributed by atoms with Crippen LogP contribution < -0.4 is 5.32 Å². The van der Waals surface area contributed by atoms with Gasteiger partial charge in [0, 0.05) is 14.9 Å². The van der Waals surface area contributed by atoms with Gasteiger partial charge in [0.2, 0.25) is 5.91 Å². The predicted molar refractivity (Wildman–Crippen MR) is 51.9 cm³/mol. The molecule has 0 atom stereocenters. The van der Waals surface area contributed by atoms with Gasteiger partial charge in [-0.05, 0) is 19.3 Å². The van der Waals surface area contributed by atoms with Gasteiger partial charge in [-0.1, -0.05) is 23.8 Å². The van der Waals surface area contributed by atoms with E-state index in [1.807, 2.05) is 0 Å². The van der Waals surface area contributed by atoms with Crippen molar-refractivity contribution in [3.63, 3.8) is 0 Å². The highest BCUT2D eigenvalue weighted by Gasteiger charge is 2.01. The molecule has 1 aliphatic carbocycles. The summed E-state index contributed by atoms with van der Waals surface area (Å²) in [6, 6.07) is 0. The lowest BCUT2D eigenvalue weighted by Crippen LogP contribution is -2.17. The van der Waals surface area contributed by atoms with Gasteiger partial charge < -0.3 is 5.32 Å². The van der Waals surface area contributed by atoms with E-state index < -0.39 is 0 Å². The van der Waals surface area contributed by atoms with Gasteiger partial charge in [0.25, 0.3) is 0 Å². The molecule has 0 spiro atoms. The van der Waals surface area contributed by atoms with E-state index in [0.29, 0.717) is 6.42 Å². The average molecular weight is 167 g/mol. The third-order valence-corrected chi connectivity index (χ3v) is 1.99. The summed E-state index contributed by atoms with van der Waals surface area (Å²) < 4.78 is 0. The van der Waals surface area contributed by atoms with E-state index in [0.717, 1.165) is 19.3 Å². The van der Waals surface area contributed by atoms with Gasteiger partial charge in [-0.3, -0.25) is 4.79 Å². The first-order chi connectivity index (χ1) is 5.83. The average Bonchev–Trinajstić information content (AvgIpc) is 2.16. The van der Waals surface area contributed by atoms with Gasteiger partial charge in [-0.2, -0.15) is 0 Å². The molecule has 0 fully saturated rings. The summed E-state index contributed by atoms with van der Waals surface area (Å²) in [6.07, 6.45) is 10.2. The van der Waals surface area contributed by atoms with Crippen molar-refractivity contribution in [3.05, 3.63) is 23.8 Å². The molecule has 0 unspecified atom stereocenters. The number of nitrogens with one attached hydrogen (secondary N) is 1. The lowest BCUT2D eigenvalue weighted by molar-refractivity contribution is -0.120. The fourth-order valence-electron chi connectivity index (χ4n) is 1.24. The molecule has 12 heavy (non-hydrogen) atoms. The Kier molecular flexibility index (Phi) is 3.58. The van der Waals surface area contributed by atoms with Crippen LogP contribution in [0.1, 0.15) is 27.1 Å². The van der Waals surface area contributed by atoms with Gasteiger partial charge in [-0.25, -0.2) is 0 Å². The van der Waals surface area contributed by atoms with Crippen LogP contribution in [0.3, 0.4) is 0 Å². The monoisotopic (exact) mass is 167 g/mol. The normalized spacial score (nSPS) is 15.6. The van der Waals surface area contributed by atoms with Crippen LogP contribution in [0.15, 0.2) is 23.8 Å². The van der Waals surface area contributed by atoms with Gasteiger partial charge in [0.15, 0.2) is 0 Å². The van der Waals surface area contributed by atoms with Crippen LogP contribution in [-0.4, -0.2) is 13.0 Å². The number of carbonyl (C=O) groups is 1. The lowest BCUT2D eigenvalue weighted by Gasteiger charge is -2.05. The molecule has 68 valence electrons. The first kappa shape index (κ1) is 9.04. The van der Waals surface area contributed by atoms with Crippen molar-refractivity contribution < 1.29 is 6.22 Å². The van der Waals surface area contributed by atoms with Crippen molar-refractivity contribution in [3.8, 4) is 0 Å². The fourth-order valence-corrected chi connectivity index (χ4v) is 1.24. The highest BCUT2D eigenvalue weighted by molar-refractivity contribution is 5.75. The number of allylic oxidation sites excluding steroid dienone is 4. The number of carbonyl (C=O) groups excluding carboxylic acids is 1. The Morgan fingerprint density at radius 3 is 3.08 bits per heavy atom. The second kappa shape index (κ2) is 4.75. The van der Waals surface area contributed by atoms with E-state index in [2.05, 4.69) is 23.5 Å². The Bertz CT molecular complexity index is 221. The van der Waals surface area contributed by atoms with Gasteiger partial charge >= 0.3 is 0 Å². The van der Waals surface area contributed by atoms with Crippen LogP contribution in [0, 0.1) is 0 Å². The van der Waals surface area contributed by atoms with E-state index in [1.165, 1.54) is 5.57 Å². The summed E-state index contributed by atoms with van der Waals surface area (Å²) in [6.45, 7) is 0. The predicted octanol–water partition coefficient (Wildman–Crippen LogP) is 2.04. The van der Waals surface area contributed by atoms with Crippen molar-refractivity contribution in [2.45, 2.75) is 25.7 Å². The summed E-state index contributed by atoms with van der Waals surface area (Å²) in [5, 5.41) is 2.61. The molecule has 0 aromatic heterocycles. The van der Waals surface area contributed by atoms with E-state index >= 15 is 0 Å². The van der Waals surface area contributed by atoms with Crippen LogP contribution in [-0.2, 0) is 4.79 Å². The molecule has 0 saturated carbocycles. The van der Waals surface area contributed by atoms with Gasteiger partial charge in [0.1, 0.15) is 0 Å². The molecular weight excluding hydrogens is 150 g/mol. The summed E-state index contributed by atoms with van der Waals surface area (Å²) in [5.74, 6) is 0.120. The second-order valence-electron chi connectivity index (χ2n) is 2.93. The maximum absolute atomic E-state index is 10.9. The van der Waals surface area contributed by atoms with Crippen LogP contribution in [0.25, 0.3) is 0 Å². The molecular formula is C10H17NO. The first-order valence-electron chi connectivity index (χ1n) is 4.39. The largest absolute Gasteiger partial charge is 0.359 e. The van der Waals surface area contributed by atoms with Crippen molar-refractivity contribution in [1.29, 1.82) is 0 Å². The molecule has 0 aromatic rings. The topological polar surface area (TPSA) is 29.1 Å².